The van der Waals surface area contributed by atoms with Crippen LogP contribution < -0.4 is 10.5 Å². The molecular weight excluding hydrogens is 296 g/mol. The number of rotatable bonds is 5. The van der Waals surface area contributed by atoms with Crippen LogP contribution in [0.1, 0.15) is 29.8 Å². The lowest BCUT2D eigenvalue weighted by molar-refractivity contribution is 0.563. The van der Waals surface area contributed by atoms with Gasteiger partial charge in [-0.05, 0) is 25.5 Å². The summed E-state index contributed by atoms with van der Waals surface area (Å²) < 4.78 is 27.0. The zero-order chi connectivity index (χ0) is 14.8. The van der Waals surface area contributed by atoms with Crippen molar-refractivity contribution in [3.05, 3.63) is 34.4 Å². The van der Waals surface area contributed by atoms with Gasteiger partial charge in [0, 0.05) is 17.3 Å². The molecule has 3 N–H and O–H groups in total. The van der Waals surface area contributed by atoms with E-state index in [1.165, 1.54) is 23.6 Å². The molecule has 2 aromatic heterocycles. The predicted octanol–water partition coefficient (Wildman–Crippen LogP) is 1.72. The second-order valence-electron chi connectivity index (χ2n) is 4.26. The number of nitrogens with two attached hydrogens (primary N) is 1. The van der Waals surface area contributed by atoms with Gasteiger partial charge in [-0.1, -0.05) is 6.92 Å². The highest BCUT2D eigenvalue weighted by atomic mass is 32.2. The summed E-state index contributed by atoms with van der Waals surface area (Å²) in [5, 5.41) is 0.569. The van der Waals surface area contributed by atoms with Crippen molar-refractivity contribution in [2.24, 2.45) is 0 Å². The molecule has 2 aromatic rings. The third-order valence-electron chi connectivity index (χ3n) is 2.68. The van der Waals surface area contributed by atoms with E-state index in [9.17, 15) is 8.42 Å². The number of hydrogen-bond acceptors (Lipinski definition) is 6. The molecule has 2 rings (SSSR count). The molecule has 1 unspecified atom stereocenters. The van der Waals surface area contributed by atoms with Gasteiger partial charge in [0.05, 0.1) is 11.7 Å². The molecule has 108 valence electrons. The second-order valence-corrected chi connectivity index (χ2v) is 7.04. The molecule has 0 aromatic carbocycles. The van der Waals surface area contributed by atoms with Crippen molar-refractivity contribution >= 4 is 27.0 Å². The fraction of sp³-hybridized carbons (Fsp3) is 0.333. The van der Waals surface area contributed by atoms with Crippen molar-refractivity contribution in [1.29, 1.82) is 0 Å². The molecule has 8 heteroatoms. The van der Waals surface area contributed by atoms with Crippen molar-refractivity contribution in [2.45, 2.75) is 31.3 Å². The zero-order valence-electron chi connectivity index (χ0n) is 11.2. The minimum atomic E-state index is -3.76. The monoisotopic (exact) mass is 312 g/mol. The van der Waals surface area contributed by atoms with Crippen molar-refractivity contribution in [3.8, 4) is 0 Å². The SMILES string of the molecule is CCc1cnc(C(C)NS(=O)(=O)c2ncccc2N)s1. The van der Waals surface area contributed by atoms with Crippen LogP contribution in [-0.2, 0) is 16.4 Å². The third kappa shape index (κ3) is 3.14. The summed E-state index contributed by atoms with van der Waals surface area (Å²) in [7, 11) is -3.76. The lowest BCUT2D eigenvalue weighted by Gasteiger charge is -2.12. The summed E-state index contributed by atoms with van der Waals surface area (Å²) in [5.41, 5.74) is 5.78. The van der Waals surface area contributed by atoms with Gasteiger partial charge in [0.15, 0.2) is 5.03 Å². The average molecular weight is 312 g/mol. The van der Waals surface area contributed by atoms with E-state index in [0.29, 0.717) is 0 Å². The van der Waals surface area contributed by atoms with E-state index in [1.54, 1.807) is 19.2 Å². The van der Waals surface area contributed by atoms with Gasteiger partial charge in [-0.25, -0.2) is 23.1 Å². The van der Waals surface area contributed by atoms with Gasteiger partial charge in [0.2, 0.25) is 0 Å². The molecule has 20 heavy (non-hydrogen) atoms. The van der Waals surface area contributed by atoms with Crippen LogP contribution in [0.15, 0.2) is 29.6 Å². The molecule has 1 atom stereocenters. The number of aromatic nitrogens is 2. The molecule has 0 bridgehead atoms. The van der Waals surface area contributed by atoms with Gasteiger partial charge in [-0.2, -0.15) is 0 Å². The van der Waals surface area contributed by atoms with Crippen molar-refractivity contribution in [3.63, 3.8) is 0 Å². The van der Waals surface area contributed by atoms with Crippen LogP contribution in [0.5, 0.6) is 0 Å². The number of hydrogen-bond donors (Lipinski definition) is 2. The summed E-state index contributed by atoms with van der Waals surface area (Å²) in [6, 6.07) is 2.67. The minimum Gasteiger partial charge on any atom is -0.396 e. The molecule has 6 nitrogen and oxygen atoms in total. The number of pyridine rings is 1. The minimum absolute atomic E-state index is 0.126. The fourth-order valence-electron chi connectivity index (χ4n) is 1.65. The number of aryl methyl sites for hydroxylation is 1. The van der Waals surface area contributed by atoms with Crippen LogP contribution >= 0.6 is 11.3 Å². The Morgan fingerprint density at radius 2 is 2.20 bits per heavy atom. The van der Waals surface area contributed by atoms with Crippen molar-refractivity contribution in [1.82, 2.24) is 14.7 Å². The highest BCUT2D eigenvalue weighted by Gasteiger charge is 2.23. The summed E-state index contributed by atoms with van der Waals surface area (Å²) in [6.45, 7) is 3.77. The molecule has 0 spiro atoms. The first kappa shape index (κ1) is 14.9. The van der Waals surface area contributed by atoms with E-state index in [2.05, 4.69) is 14.7 Å². The lowest BCUT2D eigenvalue weighted by atomic mass is 10.4. The number of nitrogens with zero attached hydrogens (tertiary/aromatic N) is 2. The second kappa shape index (κ2) is 5.86. The highest BCUT2D eigenvalue weighted by molar-refractivity contribution is 7.89. The Kier molecular flexibility index (Phi) is 4.36. The van der Waals surface area contributed by atoms with Gasteiger partial charge in [0.25, 0.3) is 10.0 Å². The van der Waals surface area contributed by atoms with Crippen LogP contribution in [0, 0.1) is 0 Å². The first-order valence-electron chi connectivity index (χ1n) is 6.11. The van der Waals surface area contributed by atoms with Gasteiger partial charge < -0.3 is 5.73 Å². The first-order chi connectivity index (χ1) is 9.44. The van der Waals surface area contributed by atoms with Gasteiger partial charge in [0.1, 0.15) is 5.01 Å². The summed E-state index contributed by atoms with van der Waals surface area (Å²) in [5.74, 6) is 0. The maximum Gasteiger partial charge on any atom is 0.260 e. The number of sulfonamides is 1. The molecule has 0 fully saturated rings. The van der Waals surface area contributed by atoms with Crippen LogP contribution in [0.3, 0.4) is 0 Å². The molecule has 0 aliphatic carbocycles. The Morgan fingerprint density at radius 3 is 2.80 bits per heavy atom. The van der Waals surface area contributed by atoms with E-state index in [1.807, 2.05) is 6.92 Å². The number of nitrogen functional groups attached to an aromatic ring is 1. The summed E-state index contributed by atoms with van der Waals surface area (Å²) >= 11 is 1.49. The zero-order valence-corrected chi connectivity index (χ0v) is 12.8. The van der Waals surface area contributed by atoms with E-state index in [0.717, 1.165) is 16.3 Å². The van der Waals surface area contributed by atoms with Crippen LogP contribution in [0.25, 0.3) is 0 Å². The van der Waals surface area contributed by atoms with Crippen molar-refractivity contribution < 1.29 is 8.42 Å². The molecule has 2 heterocycles. The topological polar surface area (TPSA) is 98.0 Å². The maximum absolute atomic E-state index is 12.2. The maximum atomic E-state index is 12.2. The molecule has 0 aliphatic rings. The first-order valence-corrected chi connectivity index (χ1v) is 8.41. The molecule has 0 amide bonds. The molecule has 0 radical (unpaired) electrons. The number of nitrogens with one attached hydrogen (secondary N) is 1. The Balaban J connectivity index is 2.22. The Labute approximate surface area is 122 Å². The smallest absolute Gasteiger partial charge is 0.260 e. The molecular formula is C12H16N4O2S2. The number of thiazole rings is 1. The Hall–Kier alpha value is -1.51. The fourth-order valence-corrected chi connectivity index (χ4v) is 3.85. The van der Waals surface area contributed by atoms with Crippen LogP contribution in [0.2, 0.25) is 0 Å². The van der Waals surface area contributed by atoms with E-state index < -0.39 is 16.1 Å². The normalized spacial score (nSPS) is 13.3. The third-order valence-corrected chi connectivity index (χ3v) is 5.52. The number of anilines is 1. The average Bonchev–Trinajstić information content (AvgIpc) is 2.87. The van der Waals surface area contributed by atoms with Crippen LogP contribution in [-0.4, -0.2) is 18.4 Å². The van der Waals surface area contributed by atoms with Gasteiger partial charge in [-0.15, -0.1) is 11.3 Å². The van der Waals surface area contributed by atoms with Crippen LogP contribution in [0.4, 0.5) is 5.69 Å². The molecule has 0 saturated carbocycles. The lowest BCUT2D eigenvalue weighted by Crippen LogP contribution is -2.28. The highest BCUT2D eigenvalue weighted by Crippen LogP contribution is 2.23. The predicted molar refractivity (Wildman–Crippen MR) is 78.9 cm³/mol. The summed E-state index contributed by atoms with van der Waals surface area (Å²) in [4.78, 5) is 9.17. The van der Waals surface area contributed by atoms with Crippen molar-refractivity contribution in [2.75, 3.05) is 5.73 Å². The quantitative estimate of drug-likeness (QED) is 0.876. The van der Waals surface area contributed by atoms with E-state index in [4.69, 9.17) is 5.73 Å². The summed E-state index contributed by atoms with van der Waals surface area (Å²) in [6.07, 6.45) is 4.04. The Bertz CT molecular complexity index is 697. The molecule has 0 aliphatic heterocycles. The Morgan fingerprint density at radius 1 is 1.45 bits per heavy atom. The van der Waals surface area contributed by atoms with E-state index >= 15 is 0 Å². The largest absolute Gasteiger partial charge is 0.396 e. The van der Waals surface area contributed by atoms with E-state index in [-0.39, 0.29) is 10.7 Å². The van der Waals surface area contributed by atoms with Gasteiger partial charge in [-0.3, -0.25) is 0 Å². The van der Waals surface area contributed by atoms with Gasteiger partial charge >= 0.3 is 0 Å². The standard InChI is InChI=1S/C12H16N4O2S2/c1-3-9-7-15-11(19-9)8(2)16-20(17,18)12-10(13)5-4-6-14-12/h4-8,16H,3,13H2,1-2H3. The molecule has 0 saturated heterocycles.